The third-order valence-electron chi connectivity index (χ3n) is 6.28. The lowest BCUT2D eigenvalue weighted by molar-refractivity contribution is 0.0863. The first-order valence-electron chi connectivity index (χ1n) is 11.1. The maximum atomic E-state index is 12.9. The van der Waals surface area contributed by atoms with Crippen molar-refractivity contribution in [2.45, 2.75) is 51.6 Å². The molecule has 3 aromatic rings. The highest BCUT2D eigenvalue weighted by atomic mass is 16.1. The van der Waals surface area contributed by atoms with Gasteiger partial charge in [0.2, 0.25) is 0 Å². The second kappa shape index (κ2) is 8.13. The Morgan fingerprint density at radius 2 is 1.90 bits per heavy atom. The smallest absolute Gasteiger partial charge is 0.255 e. The third-order valence-corrected chi connectivity index (χ3v) is 6.28. The van der Waals surface area contributed by atoms with Gasteiger partial charge in [-0.25, -0.2) is 9.97 Å². The van der Waals surface area contributed by atoms with Crippen LogP contribution in [0.2, 0.25) is 0 Å². The molecule has 5 rings (SSSR count). The van der Waals surface area contributed by atoms with Gasteiger partial charge in [0, 0.05) is 42.1 Å². The Labute approximate surface area is 182 Å². The molecule has 0 spiro atoms. The van der Waals surface area contributed by atoms with Crippen molar-refractivity contribution in [2.75, 3.05) is 10.6 Å². The lowest BCUT2D eigenvalue weighted by Gasteiger charge is -2.38. The predicted octanol–water partition coefficient (Wildman–Crippen LogP) is 4.51. The zero-order valence-corrected chi connectivity index (χ0v) is 17.9. The first-order valence-corrected chi connectivity index (χ1v) is 11.1. The van der Waals surface area contributed by atoms with Crippen LogP contribution in [0.1, 0.15) is 49.9 Å². The molecule has 160 valence electrons. The van der Waals surface area contributed by atoms with E-state index in [0.29, 0.717) is 35.1 Å². The molecule has 3 heterocycles. The molecule has 3 aromatic heterocycles. The van der Waals surface area contributed by atoms with Crippen LogP contribution >= 0.6 is 0 Å². The number of hydrogen-bond acceptors (Lipinski definition) is 6. The molecule has 0 aromatic carbocycles. The van der Waals surface area contributed by atoms with Gasteiger partial charge in [0.15, 0.2) is 0 Å². The van der Waals surface area contributed by atoms with E-state index in [1.807, 2.05) is 24.3 Å². The molecule has 0 aliphatic heterocycles. The van der Waals surface area contributed by atoms with Gasteiger partial charge >= 0.3 is 0 Å². The second-order valence-electron chi connectivity index (χ2n) is 9.07. The van der Waals surface area contributed by atoms with Crippen molar-refractivity contribution in [3.63, 3.8) is 0 Å². The number of pyridine rings is 3. The van der Waals surface area contributed by atoms with Gasteiger partial charge in [0.1, 0.15) is 11.6 Å². The fraction of sp³-hybridized carbons (Fsp3) is 0.417. The first kappa shape index (κ1) is 19.7. The van der Waals surface area contributed by atoms with Crippen molar-refractivity contribution >= 4 is 34.1 Å². The SMILES string of the molecule is CC(C)[C@H]1C[C@H](NC(=O)c2cnc(Nc3ccc4cnccc4n3)cc2NC2CC2)C1. The van der Waals surface area contributed by atoms with Crippen molar-refractivity contribution in [2.24, 2.45) is 11.8 Å². The highest BCUT2D eigenvalue weighted by Crippen LogP contribution is 2.34. The fourth-order valence-electron chi connectivity index (χ4n) is 4.03. The van der Waals surface area contributed by atoms with Crippen LogP contribution in [0.25, 0.3) is 10.9 Å². The number of anilines is 3. The molecule has 1 amide bonds. The Morgan fingerprint density at radius 3 is 2.68 bits per heavy atom. The minimum atomic E-state index is -0.0502. The summed E-state index contributed by atoms with van der Waals surface area (Å²) in [6.07, 6.45) is 9.56. The Balaban J connectivity index is 1.33. The van der Waals surface area contributed by atoms with Crippen LogP contribution in [0.4, 0.5) is 17.3 Å². The van der Waals surface area contributed by atoms with Crippen LogP contribution in [-0.4, -0.2) is 32.9 Å². The van der Waals surface area contributed by atoms with Crippen LogP contribution in [-0.2, 0) is 0 Å². The third kappa shape index (κ3) is 4.45. The summed E-state index contributed by atoms with van der Waals surface area (Å²) in [7, 11) is 0. The molecule has 2 fully saturated rings. The minimum absolute atomic E-state index is 0.0502. The van der Waals surface area contributed by atoms with Gasteiger partial charge in [-0.05, 0) is 55.7 Å². The van der Waals surface area contributed by atoms with Gasteiger partial charge in [-0.15, -0.1) is 0 Å². The summed E-state index contributed by atoms with van der Waals surface area (Å²) in [5.41, 5.74) is 2.29. The molecule has 0 bridgehead atoms. The van der Waals surface area contributed by atoms with Crippen LogP contribution < -0.4 is 16.0 Å². The van der Waals surface area contributed by atoms with Crippen molar-refractivity contribution < 1.29 is 4.79 Å². The second-order valence-corrected chi connectivity index (χ2v) is 9.07. The summed E-state index contributed by atoms with van der Waals surface area (Å²) in [6.45, 7) is 4.49. The number of hydrogen-bond donors (Lipinski definition) is 3. The highest BCUT2D eigenvalue weighted by molar-refractivity contribution is 6.00. The number of nitrogens with one attached hydrogen (secondary N) is 3. The highest BCUT2D eigenvalue weighted by Gasteiger charge is 2.33. The van der Waals surface area contributed by atoms with Crippen LogP contribution in [0.15, 0.2) is 42.9 Å². The lowest BCUT2D eigenvalue weighted by atomic mass is 9.73. The van der Waals surface area contributed by atoms with Crippen LogP contribution in [0.5, 0.6) is 0 Å². The Morgan fingerprint density at radius 1 is 1.06 bits per heavy atom. The van der Waals surface area contributed by atoms with Gasteiger partial charge in [0.05, 0.1) is 16.8 Å². The zero-order chi connectivity index (χ0) is 21.4. The van der Waals surface area contributed by atoms with E-state index >= 15 is 0 Å². The molecular formula is C24H28N6O. The monoisotopic (exact) mass is 416 g/mol. The number of nitrogens with zero attached hydrogens (tertiary/aromatic N) is 3. The van der Waals surface area contributed by atoms with Crippen molar-refractivity contribution in [1.82, 2.24) is 20.3 Å². The van der Waals surface area contributed by atoms with E-state index in [1.54, 1.807) is 18.6 Å². The molecule has 2 aliphatic rings. The molecule has 0 atom stereocenters. The molecule has 0 saturated heterocycles. The standard InChI is InChI=1S/C24H28N6O/c1-14(2)16-9-18(10-16)28-24(31)19-13-26-23(11-21(19)27-17-4-5-17)30-22-6-3-15-12-25-8-7-20(15)29-22/h3,6-8,11-14,16-18H,4-5,9-10H2,1-2H3,(H,28,31)(H2,26,27,29,30)/t16-,18-. The average Bonchev–Trinajstić information content (AvgIpc) is 3.54. The quantitative estimate of drug-likeness (QED) is 0.525. The maximum Gasteiger partial charge on any atom is 0.255 e. The summed E-state index contributed by atoms with van der Waals surface area (Å²) < 4.78 is 0. The van der Waals surface area contributed by atoms with Crippen molar-refractivity contribution in [3.05, 3.63) is 48.4 Å². The molecule has 2 saturated carbocycles. The van der Waals surface area contributed by atoms with Gasteiger partial charge in [-0.2, -0.15) is 0 Å². The van der Waals surface area contributed by atoms with E-state index in [9.17, 15) is 4.79 Å². The summed E-state index contributed by atoms with van der Waals surface area (Å²) >= 11 is 0. The van der Waals surface area contributed by atoms with E-state index in [0.717, 1.165) is 42.3 Å². The molecule has 2 aliphatic carbocycles. The van der Waals surface area contributed by atoms with Crippen LogP contribution in [0, 0.1) is 11.8 Å². The number of aromatic nitrogens is 3. The van der Waals surface area contributed by atoms with Gasteiger partial charge in [-0.3, -0.25) is 9.78 Å². The number of amides is 1. The fourth-order valence-corrected chi connectivity index (χ4v) is 4.03. The largest absolute Gasteiger partial charge is 0.382 e. The molecule has 3 N–H and O–H groups in total. The number of fused-ring (bicyclic) bond motifs is 1. The number of carbonyl (C=O) groups excluding carboxylic acids is 1. The molecule has 31 heavy (non-hydrogen) atoms. The Kier molecular flexibility index (Phi) is 5.18. The van der Waals surface area contributed by atoms with E-state index in [1.165, 1.54) is 0 Å². The number of rotatable bonds is 7. The van der Waals surface area contributed by atoms with E-state index in [2.05, 4.69) is 44.7 Å². The molecular weight excluding hydrogens is 388 g/mol. The molecule has 0 radical (unpaired) electrons. The molecule has 0 unspecified atom stereocenters. The normalized spacial score (nSPS) is 20.4. The van der Waals surface area contributed by atoms with Gasteiger partial charge < -0.3 is 16.0 Å². The first-order chi connectivity index (χ1) is 15.0. The van der Waals surface area contributed by atoms with Gasteiger partial charge in [-0.1, -0.05) is 13.8 Å². The zero-order valence-electron chi connectivity index (χ0n) is 17.9. The summed E-state index contributed by atoms with van der Waals surface area (Å²) in [5.74, 6) is 2.70. The Bertz CT molecular complexity index is 1100. The van der Waals surface area contributed by atoms with E-state index in [-0.39, 0.29) is 11.9 Å². The maximum absolute atomic E-state index is 12.9. The van der Waals surface area contributed by atoms with Gasteiger partial charge in [0.25, 0.3) is 5.91 Å². The predicted molar refractivity (Wildman–Crippen MR) is 123 cm³/mol. The average molecular weight is 417 g/mol. The molecule has 7 nitrogen and oxygen atoms in total. The summed E-state index contributed by atoms with van der Waals surface area (Å²) in [5, 5.41) is 10.9. The van der Waals surface area contributed by atoms with Crippen molar-refractivity contribution in [3.8, 4) is 0 Å². The minimum Gasteiger partial charge on any atom is -0.382 e. The lowest BCUT2D eigenvalue weighted by Crippen LogP contribution is -2.45. The van der Waals surface area contributed by atoms with E-state index in [4.69, 9.17) is 0 Å². The van der Waals surface area contributed by atoms with Crippen molar-refractivity contribution in [1.29, 1.82) is 0 Å². The molecule has 7 heteroatoms. The summed E-state index contributed by atoms with van der Waals surface area (Å²) in [6, 6.07) is 8.37. The summed E-state index contributed by atoms with van der Waals surface area (Å²) in [4.78, 5) is 26.2. The van der Waals surface area contributed by atoms with Crippen LogP contribution in [0.3, 0.4) is 0 Å². The topological polar surface area (TPSA) is 91.8 Å². The number of carbonyl (C=O) groups is 1. The van der Waals surface area contributed by atoms with E-state index < -0.39 is 0 Å². The Hall–Kier alpha value is -3.22.